The van der Waals surface area contributed by atoms with Crippen molar-refractivity contribution in [1.82, 2.24) is 20.4 Å². The number of carbonyl (C=O) groups is 2. The van der Waals surface area contributed by atoms with E-state index < -0.39 is 5.60 Å². The molecule has 9 heteroatoms. The van der Waals surface area contributed by atoms with Crippen molar-refractivity contribution in [1.29, 1.82) is 0 Å². The molecule has 0 spiro atoms. The lowest BCUT2D eigenvalue weighted by atomic mass is 10.1. The lowest BCUT2D eigenvalue weighted by molar-refractivity contribution is -0.128. The molecule has 8 nitrogen and oxygen atoms in total. The van der Waals surface area contributed by atoms with Gasteiger partial charge in [0, 0.05) is 39.1 Å². The summed E-state index contributed by atoms with van der Waals surface area (Å²) in [6.07, 6.45) is 1.36. The summed E-state index contributed by atoms with van der Waals surface area (Å²) >= 11 is 0. The number of likely N-dealkylation sites (tertiary alicyclic amines) is 2. The molecule has 2 aliphatic rings. The number of carbonyl (C=O) groups excluding carboxylic acids is 2. The molecule has 0 bridgehead atoms. The molecule has 1 aromatic rings. The number of nitrogens with zero attached hydrogens (tertiary/aromatic N) is 3. The monoisotopic (exact) mass is 557 g/mol. The number of hydrogen-bond donors (Lipinski definition) is 2. The first-order chi connectivity index (χ1) is 14.7. The fourth-order valence-electron chi connectivity index (χ4n) is 3.57. The van der Waals surface area contributed by atoms with E-state index in [2.05, 4.69) is 39.9 Å². The smallest absolute Gasteiger partial charge is 0.410 e. The first-order valence-electron chi connectivity index (χ1n) is 11.1. The molecule has 0 atom stereocenters. The van der Waals surface area contributed by atoms with Crippen LogP contribution < -0.4 is 10.6 Å². The Morgan fingerprint density at radius 1 is 1.19 bits per heavy atom. The number of guanidine groups is 1. The maximum atomic E-state index is 12.1. The van der Waals surface area contributed by atoms with Gasteiger partial charge in [-0.25, -0.2) is 9.79 Å². The fraction of sp³-hybridized carbons (Fsp3) is 0.609. The number of hydrogen-bond acceptors (Lipinski definition) is 4. The summed E-state index contributed by atoms with van der Waals surface area (Å²) in [7, 11) is 0. The number of benzene rings is 1. The highest BCUT2D eigenvalue weighted by atomic mass is 127. The minimum atomic E-state index is -0.481. The number of amides is 2. The van der Waals surface area contributed by atoms with E-state index in [1.807, 2.05) is 32.6 Å². The number of nitrogens with one attached hydrogen (secondary N) is 2. The molecule has 2 heterocycles. The minimum Gasteiger partial charge on any atom is -0.444 e. The number of aliphatic imine (C=N–C) groups is 1. The Kier molecular flexibility index (Phi) is 9.60. The van der Waals surface area contributed by atoms with E-state index in [0.717, 1.165) is 36.6 Å². The van der Waals surface area contributed by atoms with Gasteiger partial charge in [0.25, 0.3) is 0 Å². The molecule has 2 aliphatic heterocycles. The van der Waals surface area contributed by atoms with Crippen LogP contribution in [0.15, 0.2) is 29.3 Å². The summed E-state index contributed by atoms with van der Waals surface area (Å²) in [5.74, 6) is 0.986. The molecule has 2 amide bonds. The quantitative estimate of drug-likeness (QED) is 0.319. The summed E-state index contributed by atoms with van der Waals surface area (Å²) in [4.78, 5) is 32.1. The maximum Gasteiger partial charge on any atom is 0.410 e. The van der Waals surface area contributed by atoms with Gasteiger partial charge in [0.15, 0.2) is 5.96 Å². The van der Waals surface area contributed by atoms with E-state index in [9.17, 15) is 9.59 Å². The zero-order chi connectivity index (χ0) is 22.4. The van der Waals surface area contributed by atoms with Crippen LogP contribution in [0.4, 0.5) is 4.79 Å². The Balaban J connectivity index is 0.00000363. The normalized spacial score (nSPS) is 17.0. The third-order valence-corrected chi connectivity index (χ3v) is 5.21. The average Bonchev–Trinajstić information content (AvgIpc) is 3.06. The zero-order valence-corrected chi connectivity index (χ0v) is 21.8. The molecule has 0 aromatic heterocycles. The highest BCUT2D eigenvalue weighted by Crippen LogP contribution is 2.16. The Hall–Kier alpha value is -2.04. The standard InChI is InChI=1S/C23H35N5O3.HI/c1-5-24-21(26-19-15-28(16-19)22(30)31-23(2,3)4)25-13-17-8-10-18(11-9-17)14-27-12-6-7-20(27)29;/h8-11,19H,5-7,12-16H2,1-4H3,(H2,24,25,26);1H. The van der Waals surface area contributed by atoms with Crippen molar-refractivity contribution in [2.75, 3.05) is 26.2 Å². The Bertz CT molecular complexity index is 801. The third-order valence-electron chi connectivity index (χ3n) is 5.21. The summed E-state index contributed by atoms with van der Waals surface area (Å²) in [5.41, 5.74) is 1.77. The van der Waals surface area contributed by atoms with Crippen molar-refractivity contribution >= 4 is 41.9 Å². The molecule has 0 unspecified atom stereocenters. The molecule has 32 heavy (non-hydrogen) atoms. The van der Waals surface area contributed by atoms with E-state index in [1.165, 1.54) is 0 Å². The molecule has 3 rings (SSSR count). The van der Waals surface area contributed by atoms with Crippen LogP contribution in [0, 0.1) is 0 Å². The highest BCUT2D eigenvalue weighted by molar-refractivity contribution is 14.0. The lowest BCUT2D eigenvalue weighted by Crippen LogP contribution is -2.63. The SMILES string of the molecule is CCNC(=NCc1ccc(CN2CCCC2=O)cc1)NC1CN(C(=O)OC(C)(C)C)C1.I. The van der Waals surface area contributed by atoms with Crippen molar-refractivity contribution in [2.45, 2.75) is 65.3 Å². The fourth-order valence-corrected chi connectivity index (χ4v) is 3.57. The van der Waals surface area contributed by atoms with Gasteiger partial charge < -0.3 is 25.2 Å². The van der Waals surface area contributed by atoms with E-state index >= 15 is 0 Å². The van der Waals surface area contributed by atoms with Crippen molar-refractivity contribution in [2.24, 2.45) is 4.99 Å². The van der Waals surface area contributed by atoms with Crippen LogP contribution in [0.3, 0.4) is 0 Å². The summed E-state index contributed by atoms with van der Waals surface area (Å²) in [5, 5.41) is 6.64. The van der Waals surface area contributed by atoms with E-state index in [4.69, 9.17) is 4.74 Å². The van der Waals surface area contributed by atoms with E-state index in [-0.39, 0.29) is 42.0 Å². The first kappa shape index (κ1) is 26.2. The molecule has 1 aromatic carbocycles. The highest BCUT2D eigenvalue weighted by Gasteiger charge is 2.34. The minimum absolute atomic E-state index is 0. The second-order valence-corrected chi connectivity index (χ2v) is 9.16. The Labute approximate surface area is 208 Å². The van der Waals surface area contributed by atoms with Gasteiger partial charge >= 0.3 is 6.09 Å². The summed E-state index contributed by atoms with van der Waals surface area (Å²) in [6.45, 7) is 11.7. The van der Waals surface area contributed by atoms with Gasteiger partial charge in [0.1, 0.15) is 5.60 Å². The summed E-state index contributed by atoms with van der Waals surface area (Å²) < 4.78 is 5.40. The van der Waals surface area contributed by atoms with Crippen LogP contribution >= 0.6 is 24.0 Å². The second-order valence-electron chi connectivity index (χ2n) is 9.16. The maximum absolute atomic E-state index is 12.1. The van der Waals surface area contributed by atoms with Crippen molar-refractivity contribution < 1.29 is 14.3 Å². The van der Waals surface area contributed by atoms with Crippen LogP contribution in [-0.2, 0) is 22.6 Å². The largest absolute Gasteiger partial charge is 0.444 e. The van der Waals surface area contributed by atoms with Crippen molar-refractivity contribution in [3.05, 3.63) is 35.4 Å². The lowest BCUT2D eigenvalue weighted by Gasteiger charge is -2.40. The van der Waals surface area contributed by atoms with Gasteiger partial charge in [0.05, 0.1) is 12.6 Å². The van der Waals surface area contributed by atoms with E-state index in [0.29, 0.717) is 32.6 Å². The van der Waals surface area contributed by atoms with Crippen LogP contribution in [0.5, 0.6) is 0 Å². The van der Waals surface area contributed by atoms with Crippen LogP contribution in [0.2, 0.25) is 0 Å². The van der Waals surface area contributed by atoms with Gasteiger partial charge in [-0.05, 0) is 45.2 Å². The van der Waals surface area contributed by atoms with E-state index in [1.54, 1.807) is 4.90 Å². The van der Waals surface area contributed by atoms with Gasteiger partial charge in [-0.1, -0.05) is 24.3 Å². The molecule has 2 N–H and O–H groups in total. The molecule has 2 fully saturated rings. The molecule has 0 aliphatic carbocycles. The van der Waals surface area contributed by atoms with Crippen LogP contribution in [0.1, 0.15) is 51.7 Å². The predicted octanol–water partition coefficient (Wildman–Crippen LogP) is 3.10. The topological polar surface area (TPSA) is 86.3 Å². The second kappa shape index (κ2) is 11.7. The molecule has 0 saturated carbocycles. The third kappa shape index (κ3) is 7.83. The number of rotatable bonds is 6. The average molecular weight is 557 g/mol. The molecule has 2 saturated heterocycles. The summed E-state index contributed by atoms with van der Waals surface area (Å²) in [6, 6.07) is 8.43. The molecule has 178 valence electrons. The first-order valence-corrected chi connectivity index (χ1v) is 11.1. The van der Waals surface area contributed by atoms with Gasteiger partial charge in [0.2, 0.25) is 5.91 Å². The number of halogens is 1. The Morgan fingerprint density at radius 3 is 2.41 bits per heavy atom. The van der Waals surface area contributed by atoms with Gasteiger partial charge in [-0.3, -0.25) is 4.79 Å². The number of ether oxygens (including phenoxy) is 1. The Morgan fingerprint density at radius 2 is 1.84 bits per heavy atom. The molecular formula is C23H36IN5O3. The van der Waals surface area contributed by atoms with Crippen molar-refractivity contribution in [3.63, 3.8) is 0 Å². The zero-order valence-electron chi connectivity index (χ0n) is 19.5. The van der Waals surface area contributed by atoms with Crippen LogP contribution in [0.25, 0.3) is 0 Å². The van der Waals surface area contributed by atoms with Gasteiger partial charge in [-0.15, -0.1) is 24.0 Å². The van der Waals surface area contributed by atoms with Crippen LogP contribution in [-0.4, -0.2) is 65.6 Å². The predicted molar refractivity (Wildman–Crippen MR) is 136 cm³/mol. The molecular weight excluding hydrogens is 521 g/mol. The van der Waals surface area contributed by atoms with Gasteiger partial charge in [-0.2, -0.15) is 0 Å². The van der Waals surface area contributed by atoms with Crippen molar-refractivity contribution in [3.8, 4) is 0 Å². The molecule has 0 radical (unpaired) electrons.